The average molecular weight is 376 g/mol. The van der Waals surface area contributed by atoms with Gasteiger partial charge in [-0.1, -0.05) is 13.8 Å². The molecule has 0 aliphatic rings. The van der Waals surface area contributed by atoms with Gasteiger partial charge in [0.25, 0.3) is 0 Å². The Morgan fingerprint density at radius 3 is 2.00 bits per heavy atom. The molecule has 0 atom stereocenters. The molecule has 152 valence electrons. The number of amides is 2. The Morgan fingerprint density at radius 2 is 1.56 bits per heavy atom. The molecule has 27 heavy (non-hydrogen) atoms. The molecule has 1 N–H and O–H groups in total. The molecule has 0 aliphatic heterocycles. The van der Waals surface area contributed by atoms with Crippen LogP contribution < -0.4 is 10.2 Å². The zero-order chi connectivity index (χ0) is 20.6. The summed E-state index contributed by atoms with van der Waals surface area (Å²) < 4.78 is 0. The van der Waals surface area contributed by atoms with Crippen molar-refractivity contribution in [1.82, 2.24) is 4.90 Å². The number of nitrogens with one attached hydrogen (secondary N) is 1. The van der Waals surface area contributed by atoms with Crippen molar-refractivity contribution in [3.8, 4) is 0 Å². The smallest absolute Gasteiger partial charge is 0.239 e. The van der Waals surface area contributed by atoms with Crippen molar-refractivity contribution in [2.75, 3.05) is 36.4 Å². The quantitative estimate of drug-likeness (QED) is 0.615. The zero-order valence-electron chi connectivity index (χ0n) is 18.2. The van der Waals surface area contributed by atoms with Crippen molar-refractivity contribution in [3.05, 3.63) is 23.8 Å². The van der Waals surface area contributed by atoms with Crippen LogP contribution in [0.4, 0.5) is 11.4 Å². The third kappa shape index (κ3) is 5.72. The molecule has 0 saturated heterocycles. The van der Waals surface area contributed by atoms with Gasteiger partial charge in [-0.15, -0.1) is 0 Å². The van der Waals surface area contributed by atoms with Gasteiger partial charge in [-0.25, -0.2) is 0 Å². The van der Waals surface area contributed by atoms with Gasteiger partial charge in [0.15, 0.2) is 0 Å². The van der Waals surface area contributed by atoms with Crippen molar-refractivity contribution in [2.45, 2.75) is 61.3 Å². The molecule has 0 saturated carbocycles. The van der Waals surface area contributed by atoms with Crippen molar-refractivity contribution < 1.29 is 9.59 Å². The first kappa shape index (κ1) is 23.0. The van der Waals surface area contributed by atoms with Gasteiger partial charge in [-0.05, 0) is 71.2 Å². The Bertz CT molecular complexity index is 630. The molecule has 0 aliphatic carbocycles. The number of rotatable bonds is 10. The summed E-state index contributed by atoms with van der Waals surface area (Å²) in [6, 6.07) is 6.03. The topological polar surface area (TPSA) is 52.7 Å². The first-order valence-electron chi connectivity index (χ1n) is 10.2. The van der Waals surface area contributed by atoms with Gasteiger partial charge in [0.05, 0.1) is 0 Å². The number of hydrogen-bond acceptors (Lipinski definition) is 3. The van der Waals surface area contributed by atoms with Gasteiger partial charge in [0, 0.05) is 37.6 Å². The van der Waals surface area contributed by atoms with Crippen LogP contribution in [0, 0.1) is 12.3 Å². The molecule has 1 rings (SSSR count). The summed E-state index contributed by atoms with van der Waals surface area (Å²) in [5.41, 5.74) is 1.79. The summed E-state index contributed by atoms with van der Waals surface area (Å²) in [7, 11) is 0. The summed E-state index contributed by atoms with van der Waals surface area (Å²) in [6.45, 7) is 17.0. The van der Waals surface area contributed by atoms with Crippen LogP contribution in [-0.2, 0) is 9.59 Å². The van der Waals surface area contributed by atoms with Crippen LogP contribution >= 0.6 is 0 Å². The van der Waals surface area contributed by atoms with Crippen molar-refractivity contribution in [1.29, 1.82) is 0 Å². The van der Waals surface area contributed by atoms with E-state index >= 15 is 0 Å². The van der Waals surface area contributed by atoms with Gasteiger partial charge >= 0.3 is 0 Å². The fourth-order valence-corrected chi connectivity index (χ4v) is 3.20. The second-order valence-electron chi connectivity index (χ2n) is 7.54. The standard InChI is InChI=1S/C22H37N3O2/c1-8-14-25(15-9-2)21(27)22(6,7)20(26)23-19-13-12-18(16-17(19)5)24(10-3)11-4/h12-13,16H,8-11,14-15H2,1-7H3,(H,23,26). The summed E-state index contributed by atoms with van der Waals surface area (Å²) in [6.07, 6.45) is 1.77. The SMILES string of the molecule is CCCN(CCC)C(=O)C(C)(C)C(=O)Nc1ccc(N(CC)CC)cc1C. The van der Waals surface area contributed by atoms with E-state index in [4.69, 9.17) is 0 Å². The van der Waals surface area contributed by atoms with E-state index in [9.17, 15) is 9.59 Å². The highest BCUT2D eigenvalue weighted by Gasteiger charge is 2.39. The van der Waals surface area contributed by atoms with Gasteiger partial charge in [0.2, 0.25) is 11.8 Å². The lowest BCUT2D eigenvalue weighted by molar-refractivity contribution is -0.146. The molecule has 0 fully saturated rings. The molecule has 0 bridgehead atoms. The minimum Gasteiger partial charge on any atom is -0.372 e. The number of nitrogens with zero attached hydrogens (tertiary/aromatic N) is 2. The molecule has 2 amide bonds. The third-order valence-electron chi connectivity index (χ3n) is 4.96. The Balaban J connectivity index is 2.97. The monoisotopic (exact) mass is 375 g/mol. The van der Waals surface area contributed by atoms with E-state index in [1.54, 1.807) is 18.7 Å². The lowest BCUT2D eigenvalue weighted by Crippen LogP contribution is -2.48. The molecule has 0 radical (unpaired) electrons. The fraction of sp³-hybridized carbons (Fsp3) is 0.636. The lowest BCUT2D eigenvalue weighted by Gasteiger charge is -2.31. The zero-order valence-corrected chi connectivity index (χ0v) is 18.2. The number of carbonyl (C=O) groups is 2. The predicted molar refractivity (Wildman–Crippen MR) is 114 cm³/mol. The predicted octanol–water partition coefficient (Wildman–Crippen LogP) is 4.45. The lowest BCUT2D eigenvalue weighted by atomic mass is 9.89. The molecule has 0 unspecified atom stereocenters. The highest BCUT2D eigenvalue weighted by atomic mass is 16.2. The molecular weight excluding hydrogens is 338 g/mol. The summed E-state index contributed by atoms with van der Waals surface area (Å²) in [4.78, 5) is 29.9. The number of benzene rings is 1. The van der Waals surface area contributed by atoms with Gasteiger partial charge < -0.3 is 15.1 Å². The maximum Gasteiger partial charge on any atom is 0.239 e. The number of aryl methyl sites for hydroxylation is 1. The van der Waals surface area contributed by atoms with Crippen molar-refractivity contribution >= 4 is 23.2 Å². The highest BCUT2D eigenvalue weighted by molar-refractivity contribution is 6.10. The van der Waals surface area contributed by atoms with Crippen LogP contribution in [0.15, 0.2) is 18.2 Å². The largest absolute Gasteiger partial charge is 0.372 e. The van der Waals surface area contributed by atoms with Crippen LogP contribution in [0.25, 0.3) is 0 Å². The molecule has 1 aromatic carbocycles. The maximum atomic E-state index is 12.9. The number of hydrogen-bond donors (Lipinski definition) is 1. The Hall–Kier alpha value is -2.04. The molecule has 0 spiro atoms. The molecular formula is C22H37N3O2. The maximum absolute atomic E-state index is 12.9. The minimum atomic E-state index is -1.10. The molecule has 1 aromatic rings. The van der Waals surface area contributed by atoms with E-state index in [0.717, 1.165) is 42.9 Å². The average Bonchev–Trinajstić information content (AvgIpc) is 2.63. The van der Waals surface area contributed by atoms with Crippen LogP contribution in [-0.4, -0.2) is 42.9 Å². The second kappa shape index (κ2) is 10.3. The molecule has 5 heteroatoms. The van der Waals surface area contributed by atoms with Crippen LogP contribution in [0.1, 0.15) is 59.9 Å². The van der Waals surface area contributed by atoms with E-state index in [-0.39, 0.29) is 11.8 Å². The Labute approximate surface area is 165 Å². The van der Waals surface area contributed by atoms with Gasteiger partial charge in [0.1, 0.15) is 5.41 Å². The second-order valence-corrected chi connectivity index (χ2v) is 7.54. The van der Waals surface area contributed by atoms with E-state index in [0.29, 0.717) is 13.1 Å². The first-order valence-corrected chi connectivity index (χ1v) is 10.2. The highest BCUT2D eigenvalue weighted by Crippen LogP contribution is 2.26. The minimum absolute atomic E-state index is 0.110. The van der Waals surface area contributed by atoms with E-state index < -0.39 is 5.41 Å². The third-order valence-corrected chi connectivity index (χ3v) is 4.96. The summed E-state index contributed by atoms with van der Waals surface area (Å²) >= 11 is 0. The Morgan fingerprint density at radius 1 is 1.00 bits per heavy atom. The van der Waals surface area contributed by atoms with Crippen molar-refractivity contribution in [2.24, 2.45) is 5.41 Å². The van der Waals surface area contributed by atoms with E-state index in [1.165, 1.54) is 0 Å². The summed E-state index contributed by atoms with van der Waals surface area (Å²) in [5, 5.41) is 2.97. The number of anilines is 2. The normalized spacial score (nSPS) is 11.2. The van der Waals surface area contributed by atoms with E-state index in [2.05, 4.69) is 30.1 Å². The van der Waals surface area contributed by atoms with Gasteiger partial charge in [-0.2, -0.15) is 0 Å². The van der Waals surface area contributed by atoms with Crippen LogP contribution in [0.5, 0.6) is 0 Å². The number of carbonyl (C=O) groups excluding carboxylic acids is 2. The van der Waals surface area contributed by atoms with E-state index in [1.807, 2.05) is 32.9 Å². The first-order chi connectivity index (χ1) is 12.7. The fourth-order valence-electron chi connectivity index (χ4n) is 3.20. The van der Waals surface area contributed by atoms with Crippen LogP contribution in [0.2, 0.25) is 0 Å². The van der Waals surface area contributed by atoms with Crippen molar-refractivity contribution in [3.63, 3.8) is 0 Å². The summed E-state index contributed by atoms with van der Waals surface area (Å²) in [5.74, 6) is -0.371. The Kier molecular flexibility index (Phi) is 8.80. The van der Waals surface area contributed by atoms with Crippen LogP contribution in [0.3, 0.4) is 0 Å². The molecule has 5 nitrogen and oxygen atoms in total. The van der Waals surface area contributed by atoms with Gasteiger partial charge in [-0.3, -0.25) is 9.59 Å². The molecule has 0 aromatic heterocycles. The molecule has 0 heterocycles.